The molecule has 3 rings (SSSR count). The molecule has 0 radical (unpaired) electrons. The van der Waals surface area contributed by atoms with Crippen LogP contribution in [0.4, 0.5) is 10.1 Å². The largest absolute Gasteiger partial charge is 1.00 e. The first-order valence-electron chi connectivity index (χ1n) is 8.78. The average Bonchev–Trinajstić information content (AvgIpc) is 2.68. The lowest BCUT2D eigenvalue weighted by Gasteiger charge is -2.34. The van der Waals surface area contributed by atoms with Crippen molar-refractivity contribution in [2.24, 2.45) is 0 Å². The number of rotatable bonds is 6. The highest BCUT2D eigenvalue weighted by Gasteiger charge is 2.24. The zero-order valence-electron chi connectivity index (χ0n) is 15.9. The van der Waals surface area contributed by atoms with Crippen LogP contribution in [0.3, 0.4) is 0 Å². The molecule has 27 heavy (non-hydrogen) atoms. The van der Waals surface area contributed by atoms with Crippen molar-refractivity contribution in [3.63, 3.8) is 0 Å². The molecule has 0 unspecified atom stereocenters. The van der Waals surface area contributed by atoms with Gasteiger partial charge < -0.3 is 36.4 Å². The maximum atomic E-state index is 13.1. The van der Waals surface area contributed by atoms with Gasteiger partial charge in [-0.1, -0.05) is 0 Å². The van der Waals surface area contributed by atoms with Crippen molar-refractivity contribution in [1.82, 2.24) is 0 Å². The zero-order valence-corrected chi connectivity index (χ0v) is 16.7. The number of benzene rings is 2. The van der Waals surface area contributed by atoms with Crippen molar-refractivity contribution in [3.8, 4) is 17.2 Å². The molecule has 1 N–H and O–H groups in total. The Labute approximate surface area is 166 Å². The maximum Gasteiger partial charge on any atom is 0.203 e. The van der Waals surface area contributed by atoms with Gasteiger partial charge in [-0.2, -0.15) is 0 Å². The lowest BCUT2D eigenvalue weighted by atomic mass is 10.1. The zero-order chi connectivity index (χ0) is 18.5. The van der Waals surface area contributed by atoms with Crippen LogP contribution in [0, 0.1) is 5.82 Å². The Bertz CT molecular complexity index is 735. The van der Waals surface area contributed by atoms with Gasteiger partial charge in [0.2, 0.25) is 5.75 Å². The summed E-state index contributed by atoms with van der Waals surface area (Å²) in [6, 6.07) is 10.7. The van der Waals surface area contributed by atoms with E-state index in [9.17, 15) is 4.39 Å². The van der Waals surface area contributed by atoms with E-state index in [1.165, 1.54) is 17.0 Å². The Kier molecular flexibility index (Phi) is 7.56. The molecule has 1 saturated heterocycles. The highest BCUT2D eigenvalue weighted by molar-refractivity contribution is 5.55. The number of nitrogens with one attached hydrogen (secondary N) is 1. The molecular weight excluding hydrogens is 371 g/mol. The molecule has 0 aromatic heterocycles. The first-order valence-corrected chi connectivity index (χ1v) is 8.78. The lowest BCUT2D eigenvalue weighted by molar-refractivity contribution is -0.914. The van der Waals surface area contributed by atoms with Crippen LogP contribution in [0.15, 0.2) is 36.4 Å². The van der Waals surface area contributed by atoms with Crippen LogP contribution in [-0.2, 0) is 6.54 Å². The summed E-state index contributed by atoms with van der Waals surface area (Å²) in [5.74, 6) is 1.85. The van der Waals surface area contributed by atoms with Crippen LogP contribution >= 0.6 is 0 Å². The van der Waals surface area contributed by atoms with E-state index in [1.54, 1.807) is 21.3 Å². The topological polar surface area (TPSA) is 35.4 Å². The Hall–Kier alpha value is -2.18. The second-order valence-electron chi connectivity index (χ2n) is 6.38. The molecule has 0 atom stereocenters. The molecule has 2 aromatic carbocycles. The predicted octanol–water partition coefficient (Wildman–Crippen LogP) is -1.24. The lowest BCUT2D eigenvalue weighted by Crippen LogP contribution is -3.13. The van der Waals surface area contributed by atoms with E-state index in [0.717, 1.165) is 49.7 Å². The number of halogens is 2. The van der Waals surface area contributed by atoms with Crippen LogP contribution < -0.4 is 36.4 Å². The molecule has 5 nitrogen and oxygen atoms in total. The van der Waals surface area contributed by atoms with Gasteiger partial charge in [-0.3, -0.25) is 0 Å². The molecule has 1 fully saturated rings. The summed E-state index contributed by atoms with van der Waals surface area (Å²) in [4.78, 5) is 3.78. The normalized spacial score (nSPS) is 14.4. The monoisotopic (exact) mass is 396 g/mol. The van der Waals surface area contributed by atoms with Crippen LogP contribution in [0.1, 0.15) is 5.56 Å². The highest BCUT2D eigenvalue weighted by atomic mass is 35.5. The van der Waals surface area contributed by atoms with Crippen molar-refractivity contribution in [2.45, 2.75) is 6.54 Å². The third-order valence-electron chi connectivity index (χ3n) is 4.89. The first-order chi connectivity index (χ1) is 12.7. The minimum atomic E-state index is -0.196. The number of quaternary nitrogens is 1. The first kappa shape index (κ1) is 21.1. The van der Waals surface area contributed by atoms with E-state index >= 15 is 0 Å². The molecule has 7 heteroatoms. The predicted molar refractivity (Wildman–Crippen MR) is 99.1 cm³/mol. The van der Waals surface area contributed by atoms with Crippen molar-refractivity contribution >= 4 is 5.69 Å². The number of piperazine rings is 1. The van der Waals surface area contributed by atoms with Crippen LogP contribution in [0.25, 0.3) is 0 Å². The molecular formula is C20H26ClFN2O3. The second kappa shape index (κ2) is 9.67. The van der Waals surface area contributed by atoms with Gasteiger partial charge in [0.05, 0.1) is 53.1 Å². The molecule has 0 saturated carbocycles. The number of ether oxygens (including phenoxy) is 3. The number of hydrogen-bond acceptors (Lipinski definition) is 4. The molecule has 1 aliphatic rings. The van der Waals surface area contributed by atoms with Gasteiger partial charge in [-0.05, 0) is 36.4 Å². The Morgan fingerprint density at radius 3 is 2.07 bits per heavy atom. The van der Waals surface area contributed by atoms with Crippen LogP contribution in [0.5, 0.6) is 17.2 Å². The van der Waals surface area contributed by atoms with Crippen LogP contribution in [-0.4, -0.2) is 47.5 Å². The van der Waals surface area contributed by atoms with Gasteiger partial charge >= 0.3 is 0 Å². The number of methoxy groups -OCH3 is 3. The summed E-state index contributed by atoms with van der Waals surface area (Å²) < 4.78 is 29.5. The minimum absolute atomic E-state index is 0. The summed E-state index contributed by atoms with van der Waals surface area (Å²) in [5, 5.41) is 0. The third kappa shape index (κ3) is 4.76. The number of nitrogens with zero attached hydrogens (tertiary/aromatic N) is 1. The van der Waals surface area contributed by atoms with Crippen LogP contribution in [0.2, 0.25) is 0 Å². The van der Waals surface area contributed by atoms with E-state index in [-0.39, 0.29) is 18.2 Å². The summed E-state index contributed by atoms with van der Waals surface area (Å²) >= 11 is 0. The Morgan fingerprint density at radius 2 is 1.52 bits per heavy atom. The fourth-order valence-electron chi connectivity index (χ4n) is 3.48. The van der Waals surface area contributed by atoms with E-state index in [4.69, 9.17) is 14.2 Å². The molecule has 0 aliphatic carbocycles. The smallest absolute Gasteiger partial charge is 0.203 e. The molecule has 0 bridgehead atoms. The van der Waals surface area contributed by atoms with Crippen molar-refractivity contribution in [1.29, 1.82) is 0 Å². The molecule has 2 aromatic rings. The summed E-state index contributed by atoms with van der Waals surface area (Å²) in [6.07, 6.45) is 0. The molecule has 1 heterocycles. The summed E-state index contributed by atoms with van der Waals surface area (Å²) in [6.45, 7) is 4.76. The van der Waals surface area contributed by atoms with E-state index in [2.05, 4.69) is 4.90 Å². The standard InChI is InChI=1S/C20H25FN2O3.ClH/c1-24-18-9-4-15(19(25-2)20(18)26-3)14-22-10-12-23(13-11-22)17-7-5-16(21)6-8-17;/h4-9H,10-14H2,1-3H3;1H. The quantitative estimate of drug-likeness (QED) is 0.662. The second-order valence-corrected chi connectivity index (χ2v) is 6.38. The average molecular weight is 397 g/mol. The van der Waals surface area contributed by atoms with Crippen molar-refractivity contribution < 1.29 is 35.9 Å². The highest BCUT2D eigenvalue weighted by Crippen LogP contribution is 2.39. The van der Waals surface area contributed by atoms with Gasteiger partial charge in [0, 0.05) is 5.69 Å². The van der Waals surface area contributed by atoms with Gasteiger partial charge in [0.15, 0.2) is 11.5 Å². The fourth-order valence-corrected chi connectivity index (χ4v) is 3.48. The molecule has 1 aliphatic heterocycles. The van der Waals surface area contributed by atoms with Gasteiger partial charge in [0.25, 0.3) is 0 Å². The van der Waals surface area contributed by atoms with E-state index in [0.29, 0.717) is 11.5 Å². The van der Waals surface area contributed by atoms with Gasteiger partial charge in [0.1, 0.15) is 12.4 Å². The van der Waals surface area contributed by atoms with Crippen molar-refractivity contribution in [3.05, 3.63) is 47.8 Å². The SMILES string of the molecule is COc1ccc(C[NH+]2CCN(c3ccc(F)cc3)CC2)c(OC)c1OC.[Cl-]. The summed E-state index contributed by atoms with van der Waals surface area (Å²) in [5.41, 5.74) is 2.18. The third-order valence-corrected chi connectivity index (χ3v) is 4.89. The maximum absolute atomic E-state index is 13.1. The van der Waals surface area contributed by atoms with E-state index in [1.807, 2.05) is 24.3 Å². The minimum Gasteiger partial charge on any atom is -1.00 e. The van der Waals surface area contributed by atoms with Gasteiger partial charge in [-0.25, -0.2) is 4.39 Å². The Morgan fingerprint density at radius 1 is 0.889 bits per heavy atom. The number of hydrogen-bond donors (Lipinski definition) is 1. The molecule has 0 amide bonds. The molecule has 0 spiro atoms. The van der Waals surface area contributed by atoms with Gasteiger partial charge in [-0.15, -0.1) is 0 Å². The van der Waals surface area contributed by atoms with E-state index < -0.39 is 0 Å². The fraction of sp³-hybridized carbons (Fsp3) is 0.400. The number of anilines is 1. The van der Waals surface area contributed by atoms with Crippen molar-refractivity contribution in [2.75, 3.05) is 52.4 Å². The Balaban J connectivity index is 0.00000261. The summed E-state index contributed by atoms with van der Waals surface area (Å²) in [7, 11) is 4.90. The molecule has 148 valence electrons.